The van der Waals surface area contributed by atoms with E-state index in [1.165, 1.54) is 0 Å². The van der Waals surface area contributed by atoms with Gasteiger partial charge in [-0.05, 0) is 12.5 Å². The Morgan fingerprint density at radius 3 is 2.94 bits per heavy atom. The van der Waals surface area contributed by atoms with Gasteiger partial charge in [0.25, 0.3) is 0 Å². The van der Waals surface area contributed by atoms with E-state index in [0.717, 1.165) is 30.1 Å². The Hall–Kier alpha value is -1.55. The average molecular weight is 266 g/mol. The number of benzene rings is 1. The van der Waals surface area contributed by atoms with Crippen LogP contribution in [0.1, 0.15) is 24.7 Å². The number of rotatable bonds is 6. The molecule has 0 saturated heterocycles. The zero-order valence-corrected chi connectivity index (χ0v) is 11.1. The predicted molar refractivity (Wildman–Crippen MR) is 70.6 cm³/mol. The highest BCUT2D eigenvalue weighted by molar-refractivity contribution is 6.17. The molecule has 0 unspecified atom stereocenters. The first-order valence-electron chi connectivity index (χ1n) is 5.98. The molecule has 0 aliphatic carbocycles. The molecule has 0 N–H and O–H groups in total. The smallest absolute Gasteiger partial charge is 0.164 e. The number of ether oxygens (including phenoxy) is 1. The standard InChI is InChI=1S/C13H16ClN3O/c1-2-7-17-13(15-10-16-17)9-18-12-6-4-3-5-11(12)8-14/h3-6,10H,2,7-9H2,1H3. The van der Waals surface area contributed by atoms with Gasteiger partial charge in [-0.15, -0.1) is 11.6 Å². The summed E-state index contributed by atoms with van der Waals surface area (Å²) in [7, 11) is 0. The van der Waals surface area contributed by atoms with E-state index in [0.29, 0.717) is 12.5 Å². The largest absolute Gasteiger partial charge is 0.485 e. The van der Waals surface area contributed by atoms with E-state index >= 15 is 0 Å². The van der Waals surface area contributed by atoms with Crippen LogP contribution in [0.4, 0.5) is 0 Å². The van der Waals surface area contributed by atoms with Gasteiger partial charge in [-0.2, -0.15) is 5.10 Å². The van der Waals surface area contributed by atoms with Crippen LogP contribution in [0, 0.1) is 0 Å². The molecular formula is C13H16ClN3O. The zero-order valence-electron chi connectivity index (χ0n) is 10.3. The molecule has 1 heterocycles. The van der Waals surface area contributed by atoms with E-state index in [2.05, 4.69) is 17.0 Å². The van der Waals surface area contributed by atoms with Crippen molar-refractivity contribution in [3.05, 3.63) is 42.0 Å². The third-order valence-corrected chi connectivity index (χ3v) is 2.89. The molecule has 1 aromatic heterocycles. The summed E-state index contributed by atoms with van der Waals surface area (Å²) in [5.41, 5.74) is 0.987. The Morgan fingerprint density at radius 2 is 2.17 bits per heavy atom. The maximum atomic E-state index is 5.86. The van der Waals surface area contributed by atoms with Crippen molar-refractivity contribution in [1.29, 1.82) is 0 Å². The maximum Gasteiger partial charge on any atom is 0.164 e. The second-order valence-electron chi connectivity index (χ2n) is 3.93. The van der Waals surface area contributed by atoms with Crippen LogP contribution in [0.2, 0.25) is 0 Å². The summed E-state index contributed by atoms with van der Waals surface area (Å²) >= 11 is 5.86. The summed E-state index contributed by atoms with van der Waals surface area (Å²) in [6.07, 6.45) is 2.58. The monoisotopic (exact) mass is 265 g/mol. The van der Waals surface area contributed by atoms with Crippen LogP contribution in [0.5, 0.6) is 5.75 Å². The van der Waals surface area contributed by atoms with Gasteiger partial charge in [-0.3, -0.25) is 0 Å². The van der Waals surface area contributed by atoms with Gasteiger partial charge < -0.3 is 4.74 Å². The van der Waals surface area contributed by atoms with Gasteiger partial charge in [0.1, 0.15) is 18.7 Å². The van der Waals surface area contributed by atoms with Crippen molar-refractivity contribution in [2.24, 2.45) is 0 Å². The molecule has 2 aromatic rings. The van der Waals surface area contributed by atoms with E-state index < -0.39 is 0 Å². The Labute approximate surface area is 112 Å². The molecule has 0 amide bonds. The molecule has 18 heavy (non-hydrogen) atoms. The Morgan fingerprint density at radius 1 is 1.33 bits per heavy atom. The molecule has 0 radical (unpaired) electrons. The fourth-order valence-corrected chi connectivity index (χ4v) is 1.92. The summed E-state index contributed by atoms with van der Waals surface area (Å²) in [5, 5.41) is 4.16. The number of hydrogen-bond acceptors (Lipinski definition) is 3. The highest BCUT2D eigenvalue weighted by Gasteiger charge is 2.06. The summed E-state index contributed by atoms with van der Waals surface area (Å²) in [4.78, 5) is 4.20. The SMILES string of the molecule is CCCn1ncnc1COc1ccccc1CCl. The topological polar surface area (TPSA) is 39.9 Å². The first kappa shape index (κ1) is 12.9. The molecule has 0 bridgehead atoms. The lowest BCUT2D eigenvalue weighted by molar-refractivity contribution is 0.284. The normalized spacial score (nSPS) is 10.6. The van der Waals surface area contributed by atoms with E-state index in [9.17, 15) is 0 Å². The first-order valence-corrected chi connectivity index (χ1v) is 6.52. The van der Waals surface area contributed by atoms with E-state index in [1.54, 1.807) is 6.33 Å². The number of aryl methyl sites for hydroxylation is 1. The lowest BCUT2D eigenvalue weighted by Gasteiger charge is -2.10. The zero-order chi connectivity index (χ0) is 12.8. The van der Waals surface area contributed by atoms with Crippen molar-refractivity contribution < 1.29 is 4.74 Å². The van der Waals surface area contributed by atoms with Gasteiger partial charge in [0, 0.05) is 12.1 Å². The third kappa shape index (κ3) is 3.01. The molecule has 2 rings (SSSR count). The Bertz CT molecular complexity index is 498. The van der Waals surface area contributed by atoms with Crippen molar-refractivity contribution >= 4 is 11.6 Å². The highest BCUT2D eigenvalue weighted by Crippen LogP contribution is 2.20. The van der Waals surface area contributed by atoms with Gasteiger partial charge in [-0.1, -0.05) is 25.1 Å². The number of alkyl halides is 1. The number of aromatic nitrogens is 3. The van der Waals surface area contributed by atoms with Crippen LogP contribution in [-0.4, -0.2) is 14.8 Å². The molecule has 5 heteroatoms. The summed E-state index contributed by atoms with van der Waals surface area (Å²) < 4.78 is 7.62. The molecule has 0 spiro atoms. The molecule has 4 nitrogen and oxygen atoms in total. The van der Waals surface area contributed by atoms with Crippen LogP contribution < -0.4 is 4.74 Å². The highest BCUT2D eigenvalue weighted by atomic mass is 35.5. The second kappa shape index (κ2) is 6.40. The second-order valence-corrected chi connectivity index (χ2v) is 4.20. The molecular weight excluding hydrogens is 250 g/mol. The minimum atomic E-state index is 0.411. The fraction of sp³-hybridized carbons (Fsp3) is 0.385. The van der Waals surface area contributed by atoms with Crippen molar-refractivity contribution in [3.63, 3.8) is 0 Å². The van der Waals surface area contributed by atoms with Gasteiger partial charge >= 0.3 is 0 Å². The molecule has 0 aliphatic heterocycles. The molecule has 0 aliphatic rings. The first-order chi connectivity index (χ1) is 8.85. The van der Waals surface area contributed by atoms with Crippen molar-refractivity contribution in [1.82, 2.24) is 14.8 Å². The predicted octanol–water partition coefficient (Wildman–Crippen LogP) is 3.01. The lowest BCUT2D eigenvalue weighted by Crippen LogP contribution is -2.09. The number of hydrogen-bond donors (Lipinski definition) is 0. The quantitative estimate of drug-likeness (QED) is 0.754. The molecule has 0 fully saturated rings. The number of halogens is 1. The summed E-state index contributed by atoms with van der Waals surface area (Å²) in [6, 6.07) is 7.75. The molecule has 1 aromatic carbocycles. The van der Waals surface area contributed by atoms with Crippen molar-refractivity contribution in [2.45, 2.75) is 32.4 Å². The lowest BCUT2D eigenvalue weighted by atomic mass is 10.2. The van der Waals surface area contributed by atoms with Crippen LogP contribution in [0.3, 0.4) is 0 Å². The van der Waals surface area contributed by atoms with Crippen LogP contribution in [0.25, 0.3) is 0 Å². The number of nitrogens with zero attached hydrogens (tertiary/aromatic N) is 3. The summed E-state index contributed by atoms with van der Waals surface area (Å²) in [6.45, 7) is 3.37. The van der Waals surface area contributed by atoms with E-state index in [-0.39, 0.29) is 0 Å². The van der Waals surface area contributed by atoms with E-state index in [1.807, 2.05) is 28.9 Å². The summed E-state index contributed by atoms with van der Waals surface area (Å²) in [5.74, 6) is 2.08. The Balaban J connectivity index is 2.04. The van der Waals surface area contributed by atoms with Gasteiger partial charge in [0.15, 0.2) is 5.82 Å². The maximum absolute atomic E-state index is 5.86. The fourth-order valence-electron chi connectivity index (χ4n) is 1.70. The minimum Gasteiger partial charge on any atom is -0.485 e. The molecule has 0 atom stereocenters. The van der Waals surface area contributed by atoms with Gasteiger partial charge in [0.2, 0.25) is 0 Å². The minimum absolute atomic E-state index is 0.411. The van der Waals surface area contributed by atoms with E-state index in [4.69, 9.17) is 16.3 Å². The Kier molecular flexibility index (Phi) is 4.59. The molecule has 96 valence electrons. The van der Waals surface area contributed by atoms with Crippen LogP contribution in [-0.2, 0) is 19.0 Å². The third-order valence-electron chi connectivity index (χ3n) is 2.60. The van der Waals surface area contributed by atoms with Crippen LogP contribution >= 0.6 is 11.6 Å². The van der Waals surface area contributed by atoms with Crippen molar-refractivity contribution in [3.8, 4) is 5.75 Å². The average Bonchev–Trinajstić information content (AvgIpc) is 2.84. The molecule has 0 saturated carbocycles. The van der Waals surface area contributed by atoms with Gasteiger partial charge in [0.05, 0.1) is 5.88 Å². The number of para-hydroxylation sites is 1. The van der Waals surface area contributed by atoms with Crippen molar-refractivity contribution in [2.75, 3.05) is 0 Å². The van der Waals surface area contributed by atoms with Gasteiger partial charge in [-0.25, -0.2) is 9.67 Å². The van der Waals surface area contributed by atoms with Crippen LogP contribution in [0.15, 0.2) is 30.6 Å².